The summed E-state index contributed by atoms with van der Waals surface area (Å²) < 4.78 is 18.3. The molecule has 0 aliphatic carbocycles. The third kappa shape index (κ3) is 5.78. The number of aliphatic carboxylic acids is 1. The van der Waals surface area contributed by atoms with Gasteiger partial charge in [0.25, 0.3) is 5.91 Å². The molecule has 1 aromatic rings. The average molecular weight is 363 g/mol. The summed E-state index contributed by atoms with van der Waals surface area (Å²) in [5.74, 6) is -3.26. The Balaban J connectivity index is 2.56. The van der Waals surface area contributed by atoms with Gasteiger partial charge in [0.1, 0.15) is 17.6 Å². The summed E-state index contributed by atoms with van der Waals surface area (Å²) in [5, 5.41) is 10.9. The SMILES string of the molecule is NC(=O)CC(NC(=O)COc1ccc(F)cc1Br)C(=O)O. The van der Waals surface area contributed by atoms with E-state index in [9.17, 15) is 18.8 Å². The van der Waals surface area contributed by atoms with E-state index in [2.05, 4.69) is 21.2 Å². The van der Waals surface area contributed by atoms with Crippen molar-refractivity contribution in [1.82, 2.24) is 5.32 Å². The molecule has 114 valence electrons. The van der Waals surface area contributed by atoms with Crippen molar-refractivity contribution in [2.75, 3.05) is 6.61 Å². The zero-order chi connectivity index (χ0) is 16.0. The summed E-state index contributed by atoms with van der Waals surface area (Å²) in [7, 11) is 0. The molecule has 2 amide bonds. The lowest BCUT2D eigenvalue weighted by atomic mass is 10.2. The first-order chi connectivity index (χ1) is 9.79. The van der Waals surface area contributed by atoms with Gasteiger partial charge in [-0.15, -0.1) is 0 Å². The zero-order valence-electron chi connectivity index (χ0n) is 10.6. The number of nitrogens with two attached hydrogens (primary N) is 1. The molecule has 0 saturated carbocycles. The van der Waals surface area contributed by atoms with E-state index < -0.39 is 42.7 Å². The molecule has 0 saturated heterocycles. The number of nitrogens with one attached hydrogen (secondary N) is 1. The minimum atomic E-state index is -1.42. The van der Waals surface area contributed by atoms with E-state index in [1.807, 2.05) is 0 Å². The number of amides is 2. The van der Waals surface area contributed by atoms with Gasteiger partial charge >= 0.3 is 5.97 Å². The predicted octanol–water partition coefficient (Wildman–Crippen LogP) is 0.412. The molecule has 7 nitrogen and oxygen atoms in total. The van der Waals surface area contributed by atoms with E-state index in [-0.39, 0.29) is 5.75 Å². The van der Waals surface area contributed by atoms with Crippen LogP contribution in [0, 0.1) is 5.82 Å². The number of halogens is 2. The number of hydrogen-bond acceptors (Lipinski definition) is 4. The van der Waals surface area contributed by atoms with Crippen LogP contribution in [0.25, 0.3) is 0 Å². The minimum absolute atomic E-state index is 0.216. The van der Waals surface area contributed by atoms with Crippen molar-refractivity contribution in [3.8, 4) is 5.75 Å². The molecule has 1 aromatic carbocycles. The Labute approximate surface area is 127 Å². The van der Waals surface area contributed by atoms with Gasteiger partial charge in [-0.05, 0) is 34.1 Å². The van der Waals surface area contributed by atoms with Crippen LogP contribution < -0.4 is 15.8 Å². The van der Waals surface area contributed by atoms with Crippen molar-refractivity contribution < 1.29 is 28.6 Å². The molecule has 0 spiro atoms. The lowest BCUT2D eigenvalue weighted by Crippen LogP contribution is -2.45. The molecule has 9 heteroatoms. The minimum Gasteiger partial charge on any atom is -0.483 e. The monoisotopic (exact) mass is 362 g/mol. The average Bonchev–Trinajstić information content (AvgIpc) is 2.36. The maximum atomic E-state index is 12.9. The van der Waals surface area contributed by atoms with Crippen molar-refractivity contribution in [2.45, 2.75) is 12.5 Å². The first-order valence-corrected chi connectivity index (χ1v) is 6.47. The predicted molar refractivity (Wildman–Crippen MR) is 73.0 cm³/mol. The number of carboxylic acid groups (broad SMARTS) is 1. The zero-order valence-corrected chi connectivity index (χ0v) is 12.2. The fourth-order valence-electron chi connectivity index (χ4n) is 1.37. The van der Waals surface area contributed by atoms with E-state index in [1.54, 1.807) is 0 Å². The third-order valence-corrected chi connectivity index (χ3v) is 2.91. The third-order valence-electron chi connectivity index (χ3n) is 2.29. The van der Waals surface area contributed by atoms with Gasteiger partial charge in [-0.2, -0.15) is 0 Å². The Morgan fingerprint density at radius 2 is 2.10 bits per heavy atom. The second-order valence-corrected chi connectivity index (χ2v) is 4.85. The first kappa shape index (κ1) is 16.9. The van der Waals surface area contributed by atoms with Crippen molar-refractivity contribution >= 4 is 33.7 Å². The molecule has 0 aromatic heterocycles. The molecule has 4 N–H and O–H groups in total. The van der Waals surface area contributed by atoms with Gasteiger partial charge in [0.05, 0.1) is 10.9 Å². The van der Waals surface area contributed by atoms with E-state index in [0.717, 1.165) is 12.1 Å². The van der Waals surface area contributed by atoms with Crippen LogP contribution in [0.5, 0.6) is 5.75 Å². The second kappa shape index (κ2) is 7.58. The van der Waals surface area contributed by atoms with Crippen LogP contribution in [0.2, 0.25) is 0 Å². The summed E-state index contributed by atoms with van der Waals surface area (Å²) in [6.07, 6.45) is -0.526. The van der Waals surface area contributed by atoms with Gasteiger partial charge in [-0.25, -0.2) is 9.18 Å². The van der Waals surface area contributed by atoms with Crippen molar-refractivity contribution in [3.05, 3.63) is 28.5 Å². The molecule has 0 heterocycles. The molecule has 1 atom stereocenters. The lowest BCUT2D eigenvalue weighted by Gasteiger charge is -2.13. The van der Waals surface area contributed by atoms with Crippen molar-refractivity contribution in [1.29, 1.82) is 0 Å². The van der Waals surface area contributed by atoms with Crippen molar-refractivity contribution in [2.24, 2.45) is 5.73 Å². The van der Waals surface area contributed by atoms with Crippen molar-refractivity contribution in [3.63, 3.8) is 0 Å². The summed E-state index contributed by atoms with van der Waals surface area (Å²) in [5.41, 5.74) is 4.88. The molecule has 0 aliphatic rings. The maximum Gasteiger partial charge on any atom is 0.326 e. The largest absolute Gasteiger partial charge is 0.483 e. The Hall–Kier alpha value is -2.16. The lowest BCUT2D eigenvalue weighted by molar-refractivity contribution is -0.143. The topological polar surface area (TPSA) is 119 Å². The van der Waals surface area contributed by atoms with Crippen LogP contribution >= 0.6 is 15.9 Å². The maximum absolute atomic E-state index is 12.9. The number of ether oxygens (including phenoxy) is 1. The van der Waals surface area contributed by atoms with Crippen LogP contribution in [0.15, 0.2) is 22.7 Å². The Morgan fingerprint density at radius 1 is 1.43 bits per heavy atom. The smallest absolute Gasteiger partial charge is 0.326 e. The van der Waals surface area contributed by atoms with Gasteiger partial charge in [0, 0.05) is 0 Å². The van der Waals surface area contributed by atoms with Gasteiger partial charge in [0.2, 0.25) is 5.91 Å². The molecule has 0 radical (unpaired) electrons. The molecular weight excluding hydrogens is 351 g/mol. The molecule has 0 bridgehead atoms. The number of carbonyl (C=O) groups excluding carboxylic acids is 2. The Morgan fingerprint density at radius 3 is 2.62 bits per heavy atom. The fraction of sp³-hybridized carbons (Fsp3) is 0.250. The van der Waals surface area contributed by atoms with Crippen LogP contribution in [-0.4, -0.2) is 35.5 Å². The number of carboxylic acids is 1. The second-order valence-electron chi connectivity index (χ2n) is 3.99. The number of carbonyl (C=O) groups is 3. The highest BCUT2D eigenvalue weighted by Crippen LogP contribution is 2.25. The standard InChI is InChI=1S/C12H12BrFN2O5/c13-7-3-6(14)1-2-9(7)21-5-11(18)16-8(12(19)20)4-10(15)17/h1-3,8H,4-5H2,(H2,15,17)(H,16,18)(H,19,20). The molecule has 0 aliphatic heterocycles. The molecule has 21 heavy (non-hydrogen) atoms. The molecule has 1 unspecified atom stereocenters. The number of primary amides is 1. The Bertz CT molecular complexity index is 567. The van der Waals surface area contributed by atoms with E-state index >= 15 is 0 Å². The van der Waals surface area contributed by atoms with Crippen LogP contribution in [0.1, 0.15) is 6.42 Å². The summed E-state index contributed by atoms with van der Waals surface area (Å²) in [6.45, 7) is -0.493. The number of benzene rings is 1. The van der Waals surface area contributed by atoms with Gasteiger partial charge in [-0.3, -0.25) is 9.59 Å². The summed E-state index contributed by atoms with van der Waals surface area (Å²) in [4.78, 5) is 33.1. The quantitative estimate of drug-likeness (QED) is 0.649. The van der Waals surface area contributed by atoms with Crippen LogP contribution in [0.3, 0.4) is 0 Å². The number of hydrogen-bond donors (Lipinski definition) is 3. The highest BCUT2D eigenvalue weighted by Gasteiger charge is 2.22. The van der Waals surface area contributed by atoms with E-state index in [4.69, 9.17) is 15.6 Å². The molecule has 0 fully saturated rings. The van der Waals surface area contributed by atoms with E-state index in [0.29, 0.717) is 4.47 Å². The number of rotatable bonds is 7. The fourth-order valence-corrected chi connectivity index (χ4v) is 1.84. The molecule has 1 rings (SSSR count). The van der Waals surface area contributed by atoms with Gasteiger partial charge < -0.3 is 20.9 Å². The van der Waals surface area contributed by atoms with Crippen LogP contribution in [0.4, 0.5) is 4.39 Å². The highest BCUT2D eigenvalue weighted by molar-refractivity contribution is 9.10. The van der Waals surface area contributed by atoms with Gasteiger partial charge in [-0.1, -0.05) is 0 Å². The first-order valence-electron chi connectivity index (χ1n) is 5.68. The molecular formula is C12H12BrFN2O5. The Kier molecular flexibility index (Phi) is 6.10. The van der Waals surface area contributed by atoms with Crippen LogP contribution in [-0.2, 0) is 14.4 Å². The highest BCUT2D eigenvalue weighted by atomic mass is 79.9. The van der Waals surface area contributed by atoms with E-state index in [1.165, 1.54) is 6.07 Å². The van der Waals surface area contributed by atoms with Gasteiger partial charge in [0.15, 0.2) is 6.61 Å². The normalized spacial score (nSPS) is 11.5. The summed E-state index contributed by atoms with van der Waals surface area (Å²) >= 11 is 3.05. The summed E-state index contributed by atoms with van der Waals surface area (Å²) in [6, 6.07) is 2.19.